The van der Waals surface area contributed by atoms with Crippen LogP contribution in [0.3, 0.4) is 0 Å². The van der Waals surface area contributed by atoms with Gasteiger partial charge in [-0.15, -0.1) is 0 Å². The van der Waals surface area contributed by atoms with Crippen molar-refractivity contribution in [3.63, 3.8) is 0 Å². The topological polar surface area (TPSA) is 0 Å². The molecule has 0 heterocycles. The van der Waals surface area contributed by atoms with E-state index in [-0.39, 0.29) is 0 Å². The summed E-state index contributed by atoms with van der Waals surface area (Å²) in [6.45, 7) is 8.69. The monoisotopic (exact) mass is 228 g/mol. The molecule has 0 N–H and O–H groups in total. The van der Waals surface area contributed by atoms with E-state index in [1.165, 1.54) is 25.7 Å². The SMILES string of the molecule is CCCC(CCC)/C(=C/C=C(\C)Cl)CC. The molecule has 88 valence electrons. The van der Waals surface area contributed by atoms with Crippen LogP contribution in [0.4, 0.5) is 0 Å². The van der Waals surface area contributed by atoms with E-state index in [9.17, 15) is 0 Å². The van der Waals surface area contributed by atoms with E-state index in [1.54, 1.807) is 5.57 Å². The van der Waals surface area contributed by atoms with Crippen molar-refractivity contribution in [3.05, 3.63) is 22.8 Å². The van der Waals surface area contributed by atoms with Gasteiger partial charge < -0.3 is 0 Å². The highest BCUT2D eigenvalue weighted by Crippen LogP contribution is 2.25. The fraction of sp³-hybridized carbons (Fsp3) is 0.714. The Bertz CT molecular complexity index is 203. The van der Waals surface area contributed by atoms with E-state index >= 15 is 0 Å². The molecule has 0 unspecified atom stereocenters. The van der Waals surface area contributed by atoms with Crippen LogP contribution in [0.2, 0.25) is 0 Å². The third kappa shape index (κ3) is 6.78. The first-order valence-corrected chi connectivity index (χ1v) is 6.56. The molecule has 0 nitrogen and oxygen atoms in total. The van der Waals surface area contributed by atoms with Crippen molar-refractivity contribution in [2.45, 2.75) is 59.8 Å². The molecule has 1 heteroatoms. The summed E-state index contributed by atoms with van der Waals surface area (Å²) in [7, 11) is 0. The predicted molar refractivity (Wildman–Crippen MR) is 71.3 cm³/mol. The second-order valence-corrected chi connectivity index (χ2v) is 4.72. The van der Waals surface area contributed by atoms with E-state index in [1.807, 2.05) is 13.0 Å². The number of allylic oxidation sites excluding steroid dienone is 4. The number of hydrogen-bond acceptors (Lipinski definition) is 0. The summed E-state index contributed by atoms with van der Waals surface area (Å²) in [4.78, 5) is 0. The molecule has 0 fully saturated rings. The molecular weight excluding hydrogens is 204 g/mol. The summed E-state index contributed by atoms with van der Waals surface area (Å²) >= 11 is 5.85. The molecule has 0 saturated heterocycles. The minimum absolute atomic E-state index is 0.761. The normalized spacial score (nSPS) is 13.7. The van der Waals surface area contributed by atoms with Crippen LogP contribution in [0, 0.1) is 5.92 Å². The Morgan fingerprint density at radius 1 is 1.07 bits per heavy atom. The van der Waals surface area contributed by atoms with Gasteiger partial charge in [0.1, 0.15) is 0 Å². The molecule has 0 aromatic rings. The Morgan fingerprint density at radius 3 is 1.93 bits per heavy atom. The van der Waals surface area contributed by atoms with Gasteiger partial charge in [-0.25, -0.2) is 0 Å². The van der Waals surface area contributed by atoms with Crippen LogP contribution in [0.5, 0.6) is 0 Å². The molecule has 0 aromatic carbocycles. The van der Waals surface area contributed by atoms with Crippen molar-refractivity contribution in [2.24, 2.45) is 5.92 Å². The Morgan fingerprint density at radius 2 is 1.60 bits per heavy atom. The molecule has 0 atom stereocenters. The van der Waals surface area contributed by atoms with Crippen molar-refractivity contribution < 1.29 is 0 Å². The summed E-state index contributed by atoms with van der Waals surface area (Å²) in [6.07, 6.45) is 10.5. The maximum Gasteiger partial charge on any atom is 0.0149 e. The van der Waals surface area contributed by atoms with Crippen LogP contribution in [0.1, 0.15) is 59.8 Å². The summed E-state index contributed by atoms with van der Waals surface area (Å²) in [5, 5.41) is 0.868. The van der Waals surface area contributed by atoms with E-state index in [4.69, 9.17) is 11.6 Å². The van der Waals surface area contributed by atoms with Crippen LogP contribution in [-0.4, -0.2) is 0 Å². The zero-order valence-corrected chi connectivity index (χ0v) is 11.4. The average molecular weight is 229 g/mol. The number of rotatable bonds is 7. The molecule has 0 saturated carbocycles. The lowest BCUT2D eigenvalue weighted by atomic mass is 9.88. The van der Waals surface area contributed by atoms with Crippen LogP contribution in [0.25, 0.3) is 0 Å². The van der Waals surface area contributed by atoms with E-state index in [0.717, 1.165) is 17.4 Å². The zero-order valence-electron chi connectivity index (χ0n) is 10.6. The van der Waals surface area contributed by atoms with Crippen LogP contribution in [0.15, 0.2) is 22.8 Å². The fourth-order valence-electron chi connectivity index (χ4n) is 1.98. The van der Waals surface area contributed by atoms with E-state index < -0.39 is 0 Å². The summed E-state index contributed by atoms with van der Waals surface area (Å²) in [5.41, 5.74) is 1.55. The smallest absolute Gasteiger partial charge is 0.0149 e. The molecule has 0 aliphatic rings. The second-order valence-electron chi connectivity index (χ2n) is 4.12. The van der Waals surface area contributed by atoms with Crippen molar-refractivity contribution in [3.8, 4) is 0 Å². The third-order valence-electron chi connectivity index (χ3n) is 2.73. The van der Waals surface area contributed by atoms with Crippen molar-refractivity contribution in [2.75, 3.05) is 0 Å². The molecule has 0 spiro atoms. The van der Waals surface area contributed by atoms with Gasteiger partial charge >= 0.3 is 0 Å². The Labute approximate surface area is 100 Å². The van der Waals surface area contributed by atoms with Gasteiger partial charge in [0, 0.05) is 5.03 Å². The Hall–Kier alpha value is -0.230. The maximum absolute atomic E-state index is 5.85. The van der Waals surface area contributed by atoms with Gasteiger partial charge in [0.25, 0.3) is 0 Å². The van der Waals surface area contributed by atoms with Gasteiger partial charge in [-0.3, -0.25) is 0 Å². The standard InChI is InChI=1S/C14H25Cl/c1-5-8-14(9-6-2)13(7-3)11-10-12(4)15/h10-11,14H,5-9H2,1-4H3/b12-10+,13-11+. The molecule has 0 amide bonds. The summed E-state index contributed by atoms with van der Waals surface area (Å²) in [5.74, 6) is 0.761. The van der Waals surface area contributed by atoms with Crippen molar-refractivity contribution in [1.82, 2.24) is 0 Å². The summed E-state index contributed by atoms with van der Waals surface area (Å²) in [6, 6.07) is 0. The molecular formula is C14H25Cl. The maximum atomic E-state index is 5.85. The zero-order chi connectivity index (χ0) is 11.7. The first-order valence-electron chi connectivity index (χ1n) is 6.18. The Kier molecular flexibility index (Phi) is 8.89. The van der Waals surface area contributed by atoms with Crippen LogP contribution < -0.4 is 0 Å². The highest BCUT2D eigenvalue weighted by molar-refractivity contribution is 6.29. The highest BCUT2D eigenvalue weighted by Gasteiger charge is 2.10. The molecule has 0 rings (SSSR count). The van der Waals surface area contributed by atoms with E-state index in [0.29, 0.717) is 0 Å². The van der Waals surface area contributed by atoms with Gasteiger partial charge in [0.15, 0.2) is 0 Å². The third-order valence-corrected chi connectivity index (χ3v) is 2.86. The molecule has 0 aromatic heterocycles. The first-order chi connectivity index (χ1) is 7.15. The van der Waals surface area contributed by atoms with Crippen LogP contribution in [-0.2, 0) is 0 Å². The van der Waals surface area contributed by atoms with Gasteiger partial charge in [0.05, 0.1) is 0 Å². The summed E-state index contributed by atoms with van der Waals surface area (Å²) < 4.78 is 0. The van der Waals surface area contributed by atoms with E-state index in [2.05, 4.69) is 26.8 Å². The number of halogens is 1. The van der Waals surface area contributed by atoms with Gasteiger partial charge in [-0.2, -0.15) is 0 Å². The second kappa shape index (κ2) is 9.03. The lowest BCUT2D eigenvalue weighted by Crippen LogP contribution is -2.03. The van der Waals surface area contributed by atoms with Crippen LogP contribution >= 0.6 is 11.6 Å². The van der Waals surface area contributed by atoms with Gasteiger partial charge in [0.2, 0.25) is 0 Å². The lowest BCUT2D eigenvalue weighted by molar-refractivity contribution is 0.493. The average Bonchev–Trinajstić information content (AvgIpc) is 2.19. The minimum atomic E-state index is 0.761. The van der Waals surface area contributed by atoms with Crippen molar-refractivity contribution >= 4 is 11.6 Å². The molecule has 15 heavy (non-hydrogen) atoms. The predicted octanol–water partition coefficient (Wildman–Crippen LogP) is 5.68. The van der Waals surface area contributed by atoms with Gasteiger partial charge in [-0.1, -0.05) is 56.9 Å². The van der Waals surface area contributed by atoms with Gasteiger partial charge in [-0.05, 0) is 38.2 Å². The first kappa shape index (κ1) is 14.8. The molecule has 0 bridgehead atoms. The minimum Gasteiger partial charge on any atom is -0.0895 e. The van der Waals surface area contributed by atoms with Crippen molar-refractivity contribution in [1.29, 1.82) is 0 Å². The molecule has 0 radical (unpaired) electrons. The Balaban J connectivity index is 4.56. The fourth-order valence-corrected chi connectivity index (χ4v) is 2.04. The highest BCUT2D eigenvalue weighted by atomic mass is 35.5. The molecule has 0 aliphatic carbocycles. The molecule has 0 aliphatic heterocycles. The lowest BCUT2D eigenvalue weighted by Gasteiger charge is -2.18. The quantitative estimate of drug-likeness (QED) is 0.492. The number of hydrogen-bond donors (Lipinski definition) is 0. The largest absolute Gasteiger partial charge is 0.0895 e.